The number of phosphoric ester groups is 1. The van der Waals surface area contributed by atoms with Crippen molar-refractivity contribution < 1.29 is 117 Å². The van der Waals surface area contributed by atoms with E-state index in [0.29, 0.717) is 19.3 Å². The SMILES string of the molecule is CCCCCCCCC/C=C\CCCCCC(=O)OCC1OC(OC2C(O)C(O)C(O)C(OC3OC(CO)C(O)C(O)C3O)C2OP(=O)(O)OCC(COC(=O)CCCCCCCCCCCCC)OC(=O)CCCCCCCCCCCCCCCC)C(O)C(O)C1O. The van der Waals surface area contributed by atoms with Gasteiger partial charge in [0, 0.05) is 19.3 Å². The van der Waals surface area contributed by atoms with Crippen LogP contribution in [0.25, 0.3) is 0 Å². The molecule has 2 saturated heterocycles. The molecule has 3 rings (SSSR count). The molecule has 3 aliphatic rings. The van der Waals surface area contributed by atoms with E-state index in [9.17, 15) is 74.9 Å². The molecule has 0 radical (unpaired) electrons. The van der Waals surface area contributed by atoms with Gasteiger partial charge in [-0.2, -0.15) is 0 Å². The first-order valence-corrected chi connectivity index (χ1v) is 38.0. The molecule has 0 aromatic carbocycles. The lowest BCUT2D eigenvalue weighted by molar-refractivity contribution is -0.360. The second-order valence-electron chi connectivity index (χ2n) is 26.3. The Labute approximate surface area is 561 Å². The van der Waals surface area contributed by atoms with Crippen molar-refractivity contribution in [2.45, 2.75) is 382 Å². The van der Waals surface area contributed by atoms with Crippen LogP contribution in [0, 0.1) is 0 Å². The molecule has 18 unspecified atom stereocenters. The number of hydrogen-bond donors (Lipinski definition) is 11. The maximum atomic E-state index is 14.3. The van der Waals surface area contributed by atoms with Crippen LogP contribution >= 0.6 is 7.82 Å². The number of esters is 3. The summed E-state index contributed by atoms with van der Waals surface area (Å²) in [6, 6.07) is 0. The average Bonchev–Trinajstić information content (AvgIpc) is 0.808. The highest BCUT2D eigenvalue weighted by Crippen LogP contribution is 2.49. The number of phosphoric acid groups is 1. The fourth-order valence-electron chi connectivity index (χ4n) is 12.0. The molecule has 3 fully saturated rings. The van der Waals surface area contributed by atoms with Gasteiger partial charge in [-0.25, -0.2) is 4.57 Å². The number of carbonyl (C=O) groups excluding carboxylic acids is 3. The molecule has 24 nitrogen and oxygen atoms in total. The molecule has 94 heavy (non-hydrogen) atoms. The Morgan fingerprint density at radius 3 is 1.16 bits per heavy atom. The summed E-state index contributed by atoms with van der Waals surface area (Å²) >= 11 is 0. The summed E-state index contributed by atoms with van der Waals surface area (Å²) < 4.78 is 64.9. The first kappa shape index (κ1) is 85.9. The third-order valence-electron chi connectivity index (χ3n) is 18.0. The minimum Gasteiger partial charge on any atom is -0.463 e. The lowest BCUT2D eigenvalue weighted by atomic mass is 9.84. The van der Waals surface area contributed by atoms with E-state index in [0.717, 1.165) is 96.3 Å². The molecule has 11 N–H and O–H groups in total. The lowest BCUT2D eigenvalue weighted by Crippen LogP contribution is -2.69. The van der Waals surface area contributed by atoms with Crippen LogP contribution in [0.5, 0.6) is 0 Å². The van der Waals surface area contributed by atoms with Gasteiger partial charge in [0.15, 0.2) is 18.7 Å². The van der Waals surface area contributed by atoms with Crippen molar-refractivity contribution in [3.05, 3.63) is 12.2 Å². The molecule has 1 saturated carbocycles. The molecule has 25 heteroatoms. The monoisotopic (exact) mass is 1370 g/mol. The van der Waals surface area contributed by atoms with E-state index in [1.165, 1.54) is 122 Å². The summed E-state index contributed by atoms with van der Waals surface area (Å²) in [6.45, 7) is 3.41. The van der Waals surface area contributed by atoms with Crippen LogP contribution in [0.1, 0.15) is 278 Å². The van der Waals surface area contributed by atoms with Gasteiger partial charge >= 0.3 is 25.7 Å². The first-order chi connectivity index (χ1) is 45.3. The van der Waals surface area contributed by atoms with Gasteiger partial charge in [-0.15, -0.1) is 0 Å². The van der Waals surface area contributed by atoms with Crippen molar-refractivity contribution in [2.24, 2.45) is 0 Å². The van der Waals surface area contributed by atoms with Crippen molar-refractivity contribution in [1.29, 1.82) is 0 Å². The number of ether oxygens (including phenoxy) is 7. The zero-order valence-corrected chi connectivity index (χ0v) is 58.2. The zero-order chi connectivity index (χ0) is 68.9. The van der Waals surface area contributed by atoms with E-state index in [1.807, 2.05) is 0 Å². The van der Waals surface area contributed by atoms with Crippen LogP contribution in [-0.2, 0) is 61.2 Å². The van der Waals surface area contributed by atoms with E-state index < -0.39 is 156 Å². The van der Waals surface area contributed by atoms with E-state index >= 15 is 0 Å². The van der Waals surface area contributed by atoms with Crippen LogP contribution in [0.4, 0.5) is 0 Å². The molecule has 0 spiro atoms. The molecule has 2 heterocycles. The molecule has 1 aliphatic carbocycles. The molecule has 0 bridgehead atoms. The fourth-order valence-corrected chi connectivity index (χ4v) is 13.0. The van der Waals surface area contributed by atoms with Gasteiger partial charge in [0.2, 0.25) is 0 Å². The average molecular weight is 1370 g/mol. The lowest BCUT2D eigenvalue weighted by Gasteiger charge is -2.49. The Bertz CT molecular complexity index is 2010. The van der Waals surface area contributed by atoms with Gasteiger partial charge in [-0.3, -0.25) is 23.4 Å². The summed E-state index contributed by atoms with van der Waals surface area (Å²) in [6.07, 6.45) is 8.72. The van der Waals surface area contributed by atoms with Crippen LogP contribution < -0.4 is 0 Å². The number of carbonyl (C=O) groups is 3. The van der Waals surface area contributed by atoms with Gasteiger partial charge in [0.05, 0.1) is 13.2 Å². The van der Waals surface area contributed by atoms with Gasteiger partial charge in [-0.1, -0.05) is 226 Å². The Morgan fingerprint density at radius 2 is 0.745 bits per heavy atom. The summed E-state index contributed by atoms with van der Waals surface area (Å²) in [4.78, 5) is 50.8. The molecule has 18 atom stereocenters. The smallest absolute Gasteiger partial charge is 0.463 e. The summed E-state index contributed by atoms with van der Waals surface area (Å²) in [7, 11) is -5.69. The zero-order valence-electron chi connectivity index (χ0n) is 57.3. The molecule has 0 aromatic heterocycles. The number of aliphatic hydroxyl groups excluding tert-OH is 10. The highest BCUT2D eigenvalue weighted by Gasteiger charge is 2.58. The van der Waals surface area contributed by atoms with Crippen LogP contribution in [0.3, 0.4) is 0 Å². The van der Waals surface area contributed by atoms with E-state index in [-0.39, 0.29) is 19.3 Å². The number of unbranched alkanes of at least 4 members (excludes halogenated alkanes) is 33. The van der Waals surface area contributed by atoms with Crippen molar-refractivity contribution in [3.63, 3.8) is 0 Å². The summed E-state index contributed by atoms with van der Waals surface area (Å²) in [5.74, 6) is -2.00. The highest BCUT2D eigenvalue weighted by molar-refractivity contribution is 7.47. The number of allylic oxidation sites excluding steroid dienone is 2. The normalized spacial score (nSPS) is 28.3. The minimum atomic E-state index is -5.69. The molecular weight excluding hydrogens is 1240 g/mol. The van der Waals surface area contributed by atoms with E-state index in [2.05, 4.69) is 32.9 Å². The highest BCUT2D eigenvalue weighted by atomic mass is 31.2. The van der Waals surface area contributed by atoms with Crippen molar-refractivity contribution in [2.75, 3.05) is 26.4 Å². The van der Waals surface area contributed by atoms with Crippen molar-refractivity contribution in [3.8, 4) is 0 Å². The van der Waals surface area contributed by atoms with E-state index in [4.69, 9.17) is 42.2 Å². The van der Waals surface area contributed by atoms with Crippen molar-refractivity contribution >= 4 is 25.7 Å². The Morgan fingerprint density at radius 1 is 0.404 bits per heavy atom. The fraction of sp³-hybridized carbons (Fsp3) is 0.928. The van der Waals surface area contributed by atoms with Gasteiger partial charge in [0.25, 0.3) is 0 Å². The Hall–Kier alpha value is -2.30. The Balaban J connectivity index is 1.75. The van der Waals surface area contributed by atoms with Gasteiger partial charge in [-0.05, 0) is 44.9 Å². The largest absolute Gasteiger partial charge is 0.472 e. The summed E-state index contributed by atoms with van der Waals surface area (Å²) in [5, 5.41) is 110. The molecule has 0 amide bonds. The topological polar surface area (TPSA) is 374 Å². The molecule has 0 aromatic rings. The predicted octanol–water partition coefficient (Wildman–Crippen LogP) is 9.18. The second-order valence-corrected chi connectivity index (χ2v) is 27.7. The number of aliphatic hydroxyl groups is 10. The molecular formula is C69H127O24P. The standard InChI is InChI=1S/C69H127O24P/c1-4-7-10-13-16-19-22-24-26-29-32-35-38-41-44-54(72)86-49-52-57(75)59(77)64(82)69(90-52)92-66-62(80)60(78)61(79)65(91-68-63(81)58(76)56(74)51(46-70)89-68)67(66)93-94(83,84)87-48-50(47-85-53(71)43-40-37-34-31-28-21-18-15-12-9-6-3)88-55(73)45-42-39-36-33-30-27-25-23-20-17-14-11-8-5-2/h26,29,50-52,56-70,74-82H,4-25,27-28,30-49H2,1-3H3,(H,83,84)/b29-26-. The summed E-state index contributed by atoms with van der Waals surface area (Å²) in [5.41, 5.74) is 0. The predicted molar refractivity (Wildman–Crippen MR) is 352 cm³/mol. The Kier molecular flexibility index (Phi) is 47.3. The van der Waals surface area contributed by atoms with Crippen LogP contribution in [0.15, 0.2) is 12.2 Å². The van der Waals surface area contributed by atoms with E-state index in [1.54, 1.807) is 0 Å². The maximum Gasteiger partial charge on any atom is 0.472 e. The first-order valence-electron chi connectivity index (χ1n) is 36.5. The third kappa shape index (κ3) is 35.1. The number of hydrogen-bond acceptors (Lipinski definition) is 23. The second kappa shape index (κ2) is 51.8. The van der Waals surface area contributed by atoms with Gasteiger partial charge in [0.1, 0.15) is 98.7 Å². The van der Waals surface area contributed by atoms with Crippen LogP contribution in [-0.4, -0.2) is 204 Å². The van der Waals surface area contributed by atoms with Gasteiger partial charge < -0.3 is 89.1 Å². The minimum absolute atomic E-state index is 0.00955. The maximum absolute atomic E-state index is 14.3. The third-order valence-corrected chi connectivity index (χ3v) is 19.0. The molecule has 552 valence electrons. The van der Waals surface area contributed by atoms with Crippen LogP contribution in [0.2, 0.25) is 0 Å². The number of rotatable bonds is 56. The quantitative estimate of drug-likeness (QED) is 0.00888. The molecule has 2 aliphatic heterocycles. The van der Waals surface area contributed by atoms with Crippen molar-refractivity contribution in [1.82, 2.24) is 0 Å².